The van der Waals surface area contributed by atoms with Gasteiger partial charge in [0.15, 0.2) is 0 Å². The summed E-state index contributed by atoms with van der Waals surface area (Å²) in [5.74, 6) is 1.66. The van der Waals surface area contributed by atoms with Crippen LogP contribution >= 0.6 is 0 Å². The van der Waals surface area contributed by atoms with Crippen LogP contribution in [0.25, 0.3) is 0 Å². The van der Waals surface area contributed by atoms with Crippen molar-refractivity contribution in [2.75, 3.05) is 16.8 Å². The summed E-state index contributed by atoms with van der Waals surface area (Å²) in [5.41, 5.74) is 12.5. The zero-order valence-corrected chi connectivity index (χ0v) is 11.4. The lowest BCUT2D eigenvalue weighted by atomic mass is 10.2. The molecule has 1 aliphatic carbocycles. The number of nitrogen functional groups attached to an aromatic ring is 2. The molecule has 1 saturated carbocycles. The van der Waals surface area contributed by atoms with E-state index in [4.69, 9.17) is 16.2 Å². The molecule has 2 aromatic rings. The molecule has 1 aliphatic rings. The second-order valence-corrected chi connectivity index (χ2v) is 5.04. The Bertz CT molecular complexity index is 683. The third kappa shape index (κ3) is 3.22. The fraction of sp³-hybridized carbons (Fsp3) is 0.200. The summed E-state index contributed by atoms with van der Waals surface area (Å²) in [5, 5.41) is 2.77. The molecule has 1 aromatic carbocycles. The van der Waals surface area contributed by atoms with Crippen molar-refractivity contribution in [2.45, 2.75) is 12.8 Å². The van der Waals surface area contributed by atoms with Crippen LogP contribution in [0.3, 0.4) is 0 Å². The number of carbonyl (C=O) groups is 1. The van der Waals surface area contributed by atoms with Crippen molar-refractivity contribution in [1.82, 2.24) is 4.98 Å². The lowest BCUT2D eigenvalue weighted by Gasteiger charge is -2.10. The van der Waals surface area contributed by atoms with Crippen molar-refractivity contribution in [1.29, 1.82) is 0 Å². The highest BCUT2D eigenvalue weighted by molar-refractivity contribution is 5.93. The van der Waals surface area contributed by atoms with Crippen LogP contribution in [0.15, 0.2) is 36.5 Å². The van der Waals surface area contributed by atoms with Gasteiger partial charge in [0.25, 0.3) is 0 Å². The summed E-state index contributed by atoms with van der Waals surface area (Å²) in [4.78, 5) is 15.8. The van der Waals surface area contributed by atoms with E-state index in [0.717, 1.165) is 12.8 Å². The number of benzene rings is 1. The number of ether oxygens (including phenoxy) is 1. The van der Waals surface area contributed by atoms with Gasteiger partial charge in [-0.2, -0.15) is 0 Å². The summed E-state index contributed by atoms with van der Waals surface area (Å²) >= 11 is 0. The zero-order valence-electron chi connectivity index (χ0n) is 11.4. The maximum Gasteiger partial charge on any atom is 0.228 e. The molecular weight excluding hydrogens is 268 g/mol. The van der Waals surface area contributed by atoms with Crippen molar-refractivity contribution < 1.29 is 9.53 Å². The summed E-state index contributed by atoms with van der Waals surface area (Å²) < 4.78 is 5.69. The Morgan fingerprint density at radius 1 is 1.24 bits per heavy atom. The number of nitrogens with one attached hydrogen (secondary N) is 1. The SMILES string of the molecule is Nc1ccc(Oc2ccnc(NC(=O)C3CC3)c2)c(N)c1. The highest BCUT2D eigenvalue weighted by atomic mass is 16.5. The van der Waals surface area contributed by atoms with Gasteiger partial charge in [0.05, 0.1) is 5.69 Å². The Labute approximate surface area is 122 Å². The molecule has 0 unspecified atom stereocenters. The molecule has 1 fully saturated rings. The number of hydrogen-bond acceptors (Lipinski definition) is 5. The first-order valence-corrected chi connectivity index (χ1v) is 6.71. The molecule has 0 aliphatic heterocycles. The van der Waals surface area contributed by atoms with Gasteiger partial charge in [-0.25, -0.2) is 4.98 Å². The molecule has 5 N–H and O–H groups in total. The van der Waals surface area contributed by atoms with Crippen molar-refractivity contribution in [3.05, 3.63) is 36.5 Å². The molecule has 0 atom stereocenters. The summed E-state index contributed by atoms with van der Waals surface area (Å²) in [6, 6.07) is 8.40. The third-order valence-corrected chi connectivity index (χ3v) is 3.19. The maximum absolute atomic E-state index is 11.7. The number of amides is 1. The predicted molar refractivity (Wildman–Crippen MR) is 80.9 cm³/mol. The summed E-state index contributed by atoms with van der Waals surface area (Å²) in [6.07, 6.45) is 3.47. The van der Waals surface area contributed by atoms with Gasteiger partial charge in [-0.3, -0.25) is 4.79 Å². The van der Waals surface area contributed by atoms with Gasteiger partial charge in [-0.05, 0) is 37.1 Å². The third-order valence-electron chi connectivity index (χ3n) is 3.19. The Balaban J connectivity index is 1.74. The smallest absolute Gasteiger partial charge is 0.228 e. The normalized spacial score (nSPS) is 13.7. The molecule has 1 heterocycles. The molecule has 6 heteroatoms. The molecule has 1 aromatic heterocycles. The fourth-order valence-electron chi connectivity index (χ4n) is 1.90. The lowest BCUT2D eigenvalue weighted by molar-refractivity contribution is -0.117. The monoisotopic (exact) mass is 284 g/mol. The van der Waals surface area contributed by atoms with Gasteiger partial charge >= 0.3 is 0 Å². The van der Waals surface area contributed by atoms with Crippen LogP contribution in [0.5, 0.6) is 11.5 Å². The molecule has 0 bridgehead atoms. The van der Waals surface area contributed by atoms with E-state index in [0.29, 0.717) is 28.7 Å². The number of rotatable bonds is 4. The molecular formula is C15H16N4O2. The van der Waals surface area contributed by atoms with Crippen LogP contribution in [0.1, 0.15) is 12.8 Å². The van der Waals surface area contributed by atoms with Crippen molar-refractivity contribution in [2.24, 2.45) is 5.92 Å². The van der Waals surface area contributed by atoms with Gasteiger partial charge in [0, 0.05) is 23.9 Å². The van der Waals surface area contributed by atoms with Crippen molar-refractivity contribution >= 4 is 23.1 Å². The minimum atomic E-state index is 0.00616. The number of anilines is 3. The standard InChI is InChI=1S/C15H16N4O2/c16-10-3-4-13(12(17)7-10)21-11-5-6-18-14(8-11)19-15(20)9-1-2-9/h3-9H,1-2,16-17H2,(H,18,19,20). The Kier molecular flexibility index (Phi) is 3.35. The highest BCUT2D eigenvalue weighted by Crippen LogP contribution is 2.31. The first-order chi connectivity index (χ1) is 10.1. The molecule has 6 nitrogen and oxygen atoms in total. The fourth-order valence-corrected chi connectivity index (χ4v) is 1.90. The van der Waals surface area contributed by atoms with E-state index in [-0.39, 0.29) is 11.8 Å². The Morgan fingerprint density at radius 3 is 2.76 bits per heavy atom. The maximum atomic E-state index is 11.7. The second-order valence-electron chi connectivity index (χ2n) is 5.04. The van der Waals surface area contributed by atoms with E-state index in [1.807, 2.05) is 0 Å². The van der Waals surface area contributed by atoms with Crippen LogP contribution in [-0.2, 0) is 4.79 Å². The lowest BCUT2D eigenvalue weighted by Crippen LogP contribution is -2.14. The van der Waals surface area contributed by atoms with E-state index in [1.54, 1.807) is 36.5 Å². The van der Waals surface area contributed by atoms with E-state index in [1.165, 1.54) is 0 Å². The van der Waals surface area contributed by atoms with E-state index in [2.05, 4.69) is 10.3 Å². The van der Waals surface area contributed by atoms with Gasteiger partial charge < -0.3 is 21.5 Å². The van der Waals surface area contributed by atoms with E-state index < -0.39 is 0 Å². The number of pyridine rings is 1. The van der Waals surface area contributed by atoms with Crippen molar-refractivity contribution in [3.63, 3.8) is 0 Å². The quantitative estimate of drug-likeness (QED) is 0.748. The van der Waals surface area contributed by atoms with Gasteiger partial charge in [0.1, 0.15) is 17.3 Å². The molecule has 0 radical (unpaired) electrons. The predicted octanol–water partition coefficient (Wildman–Crippen LogP) is 2.39. The first kappa shape index (κ1) is 13.2. The number of nitrogens with zero attached hydrogens (tertiary/aromatic N) is 1. The average Bonchev–Trinajstić information content (AvgIpc) is 3.27. The molecule has 0 saturated heterocycles. The minimum Gasteiger partial charge on any atom is -0.455 e. The van der Waals surface area contributed by atoms with Gasteiger partial charge in [-0.1, -0.05) is 0 Å². The van der Waals surface area contributed by atoms with Crippen molar-refractivity contribution in [3.8, 4) is 11.5 Å². The van der Waals surface area contributed by atoms with E-state index in [9.17, 15) is 4.79 Å². The highest BCUT2D eigenvalue weighted by Gasteiger charge is 2.29. The van der Waals surface area contributed by atoms with Gasteiger partial charge in [0.2, 0.25) is 5.91 Å². The van der Waals surface area contributed by atoms with Crippen LogP contribution in [0.4, 0.5) is 17.2 Å². The summed E-state index contributed by atoms with van der Waals surface area (Å²) in [6.45, 7) is 0. The molecule has 1 amide bonds. The zero-order chi connectivity index (χ0) is 14.8. The molecule has 108 valence electrons. The second kappa shape index (κ2) is 5.32. The summed E-state index contributed by atoms with van der Waals surface area (Å²) in [7, 11) is 0. The van der Waals surface area contributed by atoms with Crippen LogP contribution < -0.4 is 21.5 Å². The average molecular weight is 284 g/mol. The molecule has 0 spiro atoms. The number of carbonyl (C=O) groups excluding carboxylic acids is 1. The topological polar surface area (TPSA) is 103 Å². The Hall–Kier alpha value is -2.76. The van der Waals surface area contributed by atoms with Gasteiger partial charge in [-0.15, -0.1) is 0 Å². The number of aromatic nitrogens is 1. The van der Waals surface area contributed by atoms with Crippen LogP contribution in [-0.4, -0.2) is 10.9 Å². The molecule has 21 heavy (non-hydrogen) atoms. The largest absolute Gasteiger partial charge is 0.455 e. The minimum absolute atomic E-state index is 0.00616. The van der Waals surface area contributed by atoms with Crippen LogP contribution in [0, 0.1) is 5.92 Å². The number of nitrogens with two attached hydrogens (primary N) is 2. The van der Waals surface area contributed by atoms with Crippen LogP contribution in [0.2, 0.25) is 0 Å². The Morgan fingerprint density at radius 2 is 2.05 bits per heavy atom. The first-order valence-electron chi connectivity index (χ1n) is 6.71. The molecule has 3 rings (SSSR count). The van der Waals surface area contributed by atoms with E-state index >= 15 is 0 Å². The number of hydrogen-bond donors (Lipinski definition) is 3.